The van der Waals surface area contributed by atoms with Crippen molar-refractivity contribution < 1.29 is 31.7 Å². The van der Waals surface area contributed by atoms with Crippen LogP contribution in [0.25, 0.3) is 11.5 Å². The lowest BCUT2D eigenvalue weighted by Gasteiger charge is -2.24. The minimum atomic E-state index is -4.23. The minimum Gasteiger partial charge on any atom is -0.340 e. The van der Waals surface area contributed by atoms with Crippen molar-refractivity contribution in [3.63, 3.8) is 0 Å². The molecular weight excluding hydrogens is 396 g/mol. The third kappa shape index (κ3) is 3.68. The zero-order chi connectivity index (χ0) is 20.9. The molecule has 1 aromatic heterocycles. The minimum absolute atomic E-state index is 0.0276. The van der Waals surface area contributed by atoms with Crippen LogP contribution in [0.5, 0.6) is 0 Å². The molecule has 1 aliphatic carbocycles. The molecule has 1 aliphatic heterocycles. The third-order valence-corrected chi connectivity index (χ3v) is 5.30. The third-order valence-electron chi connectivity index (χ3n) is 5.30. The van der Waals surface area contributed by atoms with Gasteiger partial charge < -0.3 is 14.7 Å². The number of amides is 2. The Balaban J connectivity index is 1.34. The van der Waals surface area contributed by atoms with Crippen LogP contribution in [0.2, 0.25) is 0 Å². The van der Waals surface area contributed by atoms with Gasteiger partial charge in [-0.05, 0) is 37.0 Å². The summed E-state index contributed by atoms with van der Waals surface area (Å²) in [6.07, 6.45) is -4.23. The molecule has 154 valence electrons. The molecule has 3 unspecified atom stereocenters. The van der Waals surface area contributed by atoms with Crippen LogP contribution in [-0.4, -0.2) is 52.2 Å². The van der Waals surface area contributed by atoms with Crippen LogP contribution in [0.3, 0.4) is 0 Å². The molecule has 2 aliphatic rings. The van der Waals surface area contributed by atoms with E-state index in [-0.39, 0.29) is 30.4 Å². The van der Waals surface area contributed by atoms with Crippen LogP contribution in [0.15, 0.2) is 28.8 Å². The van der Waals surface area contributed by atoms with Crippen molar-refractivity contribution in [2.45, 2.75) is 19.1 Å². The number of nitrogens with zero attached hydrogens (tertiary/aromatic N) is 3. The van der Waals surface area contributed by atoms with E-state index in [0.717, 1.165) is 6.07 Å². The van der Waals surface area contributed by atoms with E-state index in [1.165, 1.54) is 30.0 Å². The standard InChI is InChI=1S/C18H16F4N4O3/c1-8(17(28)26-6-11-12(7-26)13(11)18(20,21)22)23-15(27)14-24-16(29-25-14)9-3-2-4-10(19)5-9/h2-5,8,11-13H,6-7H2,1H3,(H,23,27). The van der Waals surface area contributed by atoms with Gasteiger partial charge in [0.25, 0.3) is 17.6 Å². The molecule has 7 nitrogen and oxygen atoms in total. The molecule has 2 amide bonds. The maximum Gasteiger partial charge on any atom is 0.392 e. The van der Waals surface area contributed by atoms with Gasteiger partial charge in [-0.3, -0.25) is 9.59 Å². The lowest BCUT2D eigenvalue weighted by Crippen LogP contribution is -2.47. The Hall–Kier alpha value is -2.98. The van der Waals surface area contributed by atoms with Gasteiger partial charge in [-0.25, -0.2) is 4.39 Å². The van der Waals surface area contributed by atoms with Crippen LogP contribution < -0.4 is 5.32 Å². The zero-order valence-electron chi connectivity index (χ0n) is 15.1. The molecule has 0 bridgehead atoms. The molecule has 1 aromatic carbocycles. The van der Waals surface area contributed by atoms with Crippen molar-refractivity contribution in [2.75, 3.05) is 13.1 Å². The van der Waals surface area contributed by atoms with Crippen molar-refractivity contribution in [1.82, 2.24) is 20.4 Å². The Bertz CT molecular complexity index is 949. The number of piperidine rings is 1. The first-order valence-corrected chi connectivity index (χ1v) is 8.91. The number of hydrogen-bond acceptors (Lipinski definition) is 5. The fourth-order valence-electron chi connectivity index (χ4n) is 3.84. The number of benzene rings is 1. The molecule has 3 atom stereocenters. The van der Waals surface area contributed by atoms with E-state index in [9.17, 15) is 27.2 Å². The number of aromatic nitrogens is 2. The average Bonchev–Trinajstić information content (AvgIpc) is 3.01. The predicted molar refractivity (Wildman–Crippen MR) is 89.7 cm³/mol. The van der Waals surface area contributed by atoms with Crippen molar-refractivity contribution in [3.8, 4) is 11.5 Å². The summed E-state index contributed by atoms with van der Waals surface area (Å²) in [7, 11) is 0. The first-order chi connectivity index (χ1) is 13.6. The molecule has 2 heterocycles. The van der Waals surface area contributed by atoms with Crippen LogP contribution in [0.1, 0.15) is 17.5 Å². The maximum absolute atomic E-state index is 13.3. The normalized spacial score (nSPS) is 24.2. The summed E-state index contributed by atoms with van der Waals surface area (Å²) in [5.41, 5.74) is 0.288. The van der Waals surface area contributed by atoms with E-state index in [0.29, 0.717) is 0 Å². The van der Waals surface area contributed by atoms with Gasteiger partial charge in [0.1, 0.15) is 11.9 Å². The summed E-state index contributed by atoms with van der Waals surface area (Å²) in [6, 6.07) is 4.39. The highest BCUT2D eigenvalue weighted by atomic mass is 19.4. The molecule has 11 heteroatoms. The van der Waals surface area contributed by atoms with Crippen LogP contribution >= 0.6 is 0 Å². The molecule has 2 aromatic rings. The number of carbonyl (C=O) groups excluding carboxylic acids is 2. The number of alkyl halides is 3. The fourth-order valence-corrected chi connectivity index (χ4v) is 3.84. The topological polar surface area (TPSA) is 88.3 Å². The molecule has 0 spiro atoms. The molecule has 29 heavy (non-hydrogen) atoms. The van der Waals surface area contributed by atoms with Gasteiger partial charge in [0.15, 0.2) is 0 Å². The summed E-state index contributed by atoms with van der Waals surface area (Å²) in [5.74, 6) is -4.63. The summed E-state index contributed by atoms with van der Waals surface area (Å²) in [5, 5.41) is 5.93. The second-order valence-corrected chi connectivity index (χ2v) is 7.27. The monoisotopic (exact) mass is 412 g/mol. The number of nitrogens with one attached hydrogen (secondary N) is 1. The number of carbonyl (C=O) groups is 2. The Morgan fingerprint density at radius 2 is 1.97 bits per heavy atom. The smallest absolute Gasteiger partial charge is 0.340 e. The van der Waals surface area contributed by atoms with E-state index in [1.54, 1.807) is 0 Å². The average molecular weight is 412 g/mol. The lowest BCUT2D eigenvalue weighted by molar-refractivity contribution is -0.159. The van der Waals surface area contributed by atoms with E-state index in [1.807, 2.05) is 0 Å². The predicted octanol–water partition coefficient (Wildman–Crippen LogP) is 2.26. The van der Waals surface area contributed by atoms with Crippen LogP contribution in [0, 0.1) is 23.6 Å². The zero-order valence-corrected chi connectivity index (χ0v) is 15.1. The first-order valence-electron chi connectivity index (χ1n) is 8.91. The number of likely N-dealkylation sites (tertiary alicyclic amines) is 1. The van der Waals surface area contributed by atoms with E-state index in [2.05, 4.69) is 15.5 Å². The van der Waals surface area contributed by atoms with Crippen LogP contribution in [-0.2, 0) is 4.79 Å². The van der Waals surface area contributed by atoms with E-state index in [4.69, 9.17) is 4.52 Å². The molecule has 1 N–H and O–H groups in total. The molecule has 2 fully saturated rings. The fraction of sp³-hybridized carbons (Fsp3) is 0.444. The molecule has 0 radical (unpaired) electrons. The number of fused-ring (bicyclic) bond motifs is 1. The SMILES string of the molecule is CC(NC(=O)c1noc(-c2cccc(F)c2)n1)C(=O)N1CC2C(C1)C2C(F)(F)F. The van der Waals surface area contributed by atoms with Gasteiger partial charge >= 0.3 is 6.18 Å². The highest BCUT2D eigenvalue weighted by Gasteiger charge is 2.67. The molecular formula is C18H16F4N4O3. The molecule has 4 rings (SSSR count). The van der Waals surface area contributed by atoms with E-state index < -0.39 is 47.6 Å². The highest BCUT2D eigenvalue weighted by Crippen LogP contribution is 2.59. The van der Waals surface area contributed by atoms with Crippen molar-refractivity contribution in [2.24, 2.45) is 17.8 Å². The number of halogens is 4. The van der Waals surface area contributed by atoms with Crippen molar-refractivity contribution >= 4 is 11.8 Å². The van der Waals surface area contributed by atoms with E-state index >= 15 is 0 Å². The largest absolute Gasteiger partial charge is 0.392 e. The van der Waals surface area contributed by atoms with Gasteiger partial charge in [0.2, 0.25) is 5.91 Å². The van der Waals surface area contributed by atoms with Crippen molar-refractivity contribution in [3.05, 3.63) is 35.9 Å². The Labute approximate surface area is 162 Å². The summed E-state index contributed by atoms with van der Waals surface area (Å²) >= 11 is 0. The van der Waals surface area contributed by atoms with Gasteiger partial charge in [-0.15, -0.1) is 0 Å². The second-order valence-electron chi connectivity index (χ2n) is 7.27. The number of hydrogen-bond donors (Lipinski definition) is 1. The Morgan fingerprint density at radius 1 is 1.28 bits per heavy atom. The Kier molecular flexibility index (Phi) is 4.55. The van der Waals surface area contributed by atoms with Gasteiger partial charge in [-0.2, -0.15) is 18.2 Å². The van der Waals surface area contributed by atoms with Gasteiger partial charge in [0, 0.05) is 18.7 Å². The summed E-state index contributed by atoms with van der Waals surface area (Å²) in [6.45, 7) is 1.48. The summed E-state index contributed by atoms with van der Waals surface area (Å²) < 4.78 is 56.5. The highest BCUT2D eigenvalue weighted by molar-refractivity contribution is 5.94. The maximum atomic E-state index is 13.3. The second kappa shape index (κ2) is 6.82. The molecule has 1 saturated heterocycles. The molecule has 1 saturated carbocycles. The summed E-state index contributed by atoms with van der Waals surface area (Å²) in [4.78, 5) is 29.9. The van der Waals surface area contributed by atoms with Gasteiger partial charge in [0.05, 0.1) is 5.92 Å². The quantitative estimate of drug-likeness (QED) is 0.779. The first kappa shape index (κ1) is 19.3. The van der Waals surface area contributed by atoms with Gasteiger partial charge in [-0.1, -0.05) is 11.2 Å². The van der Waals surface area contributed by atoms with Crippen LogP contribution in [0.4, 0.5) is 17.6 Å². The Morgan fingerprint density at radius 3 is 2.59 bits per heavy atom. The number of rotatable bonds is 4. The van der Waals surface area contributed by atoms with Crippen molar-refractivity contribution in [1.29, 1.82) is 0 Å². The lowest BCUT2D eigenvalue weighted by atomic mass is 10.2.